The number of carbonyl (C=O) groups is 3. The minimum absolute atomic E-state index is 0.146. The molecule has 0 aromatic heterocycles. The SMILES string of the molecule is O=C(O)[C@H](Cc1ccccc1)N1C(=O)CCCC1=O. The number of hydrogen-bond acceptors (Lipinski definition) is 3. The maximum absolute atomic E-state index is 11.8. The van der Waals surface area contributed by atoms with E-state index < -0.39 is 12.0 Å². The second-order valence-corrected chi connectivity index (χ2v) is 4.55. The first-order chi connectivity index (χ1) is 9.09. The first-order valence-corrected chi connectivity index (χ1v) is 6.21. The Morgan fingerprint density at radius 2 is 1.74 bits per heavy atom. The largest absolute Gasteiger partial charge is 0.480 e. The summed E-state index contributed by atoms with van der Waals surface area (Å²) in [4.78, 5) is 35.8. The number of likely N-dealkylation sites (tertiary alicyclic amines) is 1. The van der Waals surface area contributed by atoms with Gasteiger partial charge >= 0.3 is 5.97 Å². The van der Waals surface area contributed by atoms with Crippen LogP contribution in [-0.2, 0) is 20.8 Å². The second-order valence-electron chi connectivity index (χ2n) is 4.55. The molecular formula is C14H15NO4. The van der Waals surface area contributed by atoms with Gasteiger partial charge in [0.2, 0.25) is 11.8 Å². The van der Waals surface area contributed by atoms with Gasteiger partial charge in [-0.05, 0) is 12.0 Å². The highest BCUT2D eigenvalue weighted by atomic mass is 16.4. The molecule has 1 heterocycles. The number of amides is 2. The average molecular weight is 261 g/mol. The van der Waals surface area contributed by atoms with Crippen molar-refractivity contribution in [2.24, 2.45) is 0 Å². The van der Waals surface area contributed by atoms with E-state index in [0.29, 0.717) is 6.42 Å². The summed E-state index contributed by atoms with van der Waals surface area (Å²) in [6.45, 7) is 0. The van der Waals surface area contributed by atoms with E-state index in [2.05, 4.69) is 0 Å². The second kappa shape index (κ2) is 5.65. The fourth-order valence-electron chi connectivity index (χ4n) is 2.24. The Morgan fingerprint density at radius 3 is 2.26 bits per heavy atom. The van der Waals surface area contributed by atoms with Gasteiger partial charge in [0.1, 0.15) is 6.04 Å². The molecule has 1 aromatic carbocycles. The van der Waals surface area contributed by atoms with Crippen LogP contribution in [0.1, 0.15) is 24.8 Å². The molecule has 5 heteroatoms. The standard InChI is InChI=1S/C14H15NO4/c16-12-7-4-8-13(17)15(12)11(14(18)19)9-10-5-2-1-3-6-10/h1-3,5-6,11H,4,7-9H2,(H,18,19)/t11-/m0/s1. The summed E-state index contributed by atoms with van der Waals surface area (Å²) in [7, 11) is 0. The number of imide groups is 1. The molecule has 1 saturated heterocycles. The normalized spacial score (nSPS) is 17.4. The Morgan fingerprint density at radius 1 is 1.16 bits per heavy atom. The minimum Gasteiger partial charge on any atom is -0.480 e. The van der Waals surface area contributed by atoms with Crippen LogP contribution in [0.2, 0.25) is 0 Å². The highest BCUT2D eigenvalue weighted by Crippen LogP contribution is 2.18. The number of carboxylic acids is 1. The van der Waals surface area contributed by atoms with Crippen molar-refractivity contribution in [3.05, 3.63) is 35.9 Å². The Kier molecular flexibility index (Phi) is 3.94. The lowest BCUT2D eigenvalue weighted by atomic mass is 10.0. The van der Waals surface area contributed by atoms with Crippen molar-refractivity contribution in [3.8, 4) is 0 Å². The van der Waals surface area contributed by atoms with Crippen LogP contribution in [0.3, 0.4) is 0 Å². The molecule has 0 saturated carbocycles. The molecule has 0 bridgehead atoms. The predicted molar refractivity (Wildman–Crippen MR) is 67.3 cm³/mol. The Balaban J connectivity index is 2.22. The Bertz CT molecular complexity index is 481. The van der Waals surface area contributed by atoms with Gasteiger partial charge in [0.25, 0.3) is 0 Å². The molecular weight excluding hydrogens is 246 g/mol. The third-order valence-electron chi connectivity index (χ3n) is 3.19. The fourth-order valence-corrected chi connectivity index (χ4v) is 2.24. The molecule has 19 heavy (non-hydrogen) atoms. The van der Waals surface area contributed by atoms with E-state index in [9.17, 15) is 19.5 Å². The zero-order valence-corrected chi connectivity index (χ0v) is 10.4. The predicted octanol–water partition coefficient (Wildman–Crippen LogP) is 1.22. The van der Waals surface area contributed by atoms with Gasteiger partial charge < -0.3 is 5.11 Å². The molecule has 1 atom stereocenters. The van der Waals surface area contributed by atoms with E-state index in [-0.39, 0.29) is 31.1 Å². The van der Waals surface area contributed by atoms with Crippen molar-refractivity contribution in [2.75, 3.05) is 0 Å². The number of rotatable bonds is 4. The van der Waals surface area contributed by atoms with E-state index in [1.54, 1.807) is 24.3 Å². The van der Waals surface area contributed by atoms with Crippen LogP contribution < -0.4 is 0 Å². The summed E-state index contributed by atoms with van der Waals surface area (Å²) < 4.78 is 0. The van der Waals surface area contributed by atoms with Crippen LogP contribution in [0, 0.1) is 0 Å². The summed E-state index contributed by atoms with van der Waals surface area (Å²) in [5.41, 5.74) is 0.793. The quantitative estimate of drug-likeness (QED) is 0.827. The number of nitrogens with zero attached hydrogens (tertiary/aromatic N) is 1. The topological polar surface area (TPSA) is 74.7 Å². The highest BCUT2D eigenvalue weighted by Gasteiger charge is 2.36. The number of benzene rings is 1. The third kappa shape index (κ3) is 2.99. The van der Waals surface area contributed by atoms with E-state index in [0.717, 1.165) is 10.5 Å². The van der Waals surface area contributed by atoms with Gasteiger partial charge in [-0.1, -0.05) is 30.3 Å². The average Bonchev–Trinajstić information content (AvgIpc) is 2.38. The Hall–Kier alpha value is -2.17. The van der Waals surface area contributed by atoms with E-state index in [1.165, 1.54) is 0 Å². The highest BCUT2D eigenvalue weighted by molar-refractivity contribution is 6.01. The zero-order chi connectivity index (χ0) is 13.8. The molecule has 0 spiro atoms. The summed E-state index contributed by atoms with van der Waals surface area (Å²) in [5.74, 6) is -1.92. The molecule has 100 valence electrons. The van der Waals surface area contributed by atoms with Gasteiger partial charge in [-0.3, -0.25) is 14.5 Å². The van der Waals surface area contributed by atoms with Crippen molar-refractivity contribution in [1.29, 1.82) is 0 Å². The molecule has 1 aromatic rings. The molecule has 2 rings (SSSR count). The maximum atomic E-state index is 11.8. The minimum atomic E-state index is -1.15. The number of carboxylic acid groups (broad SMARTS) is 1. The molecule has 2 amide bonds. The van der Waals surface area contributed by atoms with Gasteiger partial charge in [-0.2, -0.15) is 0 Å². The van der Waals surface area contributed by atoms with Crippen molar-refractivity contribution < 1.29 is 19.5 Å². The summed E-state index contributed by atoms with van der Waals surface area (Å²) in [6, 6.07) is 7.89. The molecule has 0 unspecified atom stereocenters. The zero-order valence-electron chi connectivity index (χ0n) is 10.4. The maximum Gasteiger partial charge on any atom is 0.327 e. The number of carbonyl (C=O) groups excluding carboxylic acids is 2. The Labute approximate surface area is 110 Å². The van der Waals surface area contributed by atoms with Crippen molar-refractivity contribution >= 4 is 17.8 Å². The van der Waals surface area contributed by atoms with E-state index >= 15 is 0 Å². The molecule has 1 aliphatic rings. The molecule has 1 fully saturated rings. The summed E-state index contributed by atoms with van der Waals surface area (Å²) in [6.07, 6.45) is 1.13. The monoisotopic (exact) mass is 261 g/mol. The van der Waals surface area contributed by atoms with Crippen molar-refractivity contribution in [1.82, 2.24) is 4.90 Å². The van der Waals surface area contributed by atoms with Crippen molar-refractivity contribution in [2.45, 2.75) is 31.7 Å². The van der Waals surface area contributed by atoms with Crippen molar-refractivity contribution in [3.63, 3.8) is 0 Å². The lowest BCUT2D eigenvalue weighted by Gasteiger charge is -2.30. The van der Waals surface area contributed by atoms with Gasteiger partial charge in [0.15, 0.2) is 0 Å². The first-order valence-electron chi connectivity index (χ1n) is 6.21. The molecule has 1 N–H and O–H groups in total. The van der Waals surface area contributed by atoms with Crippen LogP contribution >= 0.6 is 0 Å². The van der Waals surface area contributed by atoms with Gasteiger partial charge in [-0.25, -0.2) is 4.79 Å². The van der Waals surface area contributed by atoms with E-state index in [1.807, 2.05) is 6.07 Å². The lowest BCUT2D eigenvalue weighted by molar-refractivity contribution is -0.160. The fraction of sp³-hybridized carbons (Fsp3) is 0.357. The molecule has 0 aliphatic carbocycles. The van der Waals surface area contributed by atoms with Gasteiger partial charge in [0, 0.05) is 19.3 Å². The van der Waals surface area contributed by atoms with Gasteiger partial charge in [-0.15, -0.1) is 0 Å². The van der Waals surface area contributed by atoms with Crippen LogP contribution in [-0.4, -0.2) is 33.8 Å². The molecule has 5 nitrogen and oxygen atoms in total. The molecule has 1 aliphatic heterocycles. The first kappa shape index (κ1) is 13.3. The summed E-state index contributed by atoms with van der Waals surface area (Å²) >= 11 is 0. The van der Waals surface area contributed by atoms with Crippen LogP contribution in [0.25, 0.3) is 0 Å². The third-order valence-corrected chi connectivity index (χ3v) is 3.19. The van der Waals surface area contributed by atoms with Gasteiger partial charge in [0.05, 0.1) is 0 Å². The smallest absolute Gasteiger partial charge is 0.327 e. The number of aliphatic carboxylic acids is 1. The summed E-state index contributed by atoms with van der Waals surface area (Å²) in [5, 5.41) is 9.28. The van der Waals surface area contributed by atoms with Crippen LogP contribution in [0.5, 0.6) is 0 Å². The van der Waals surface area contributed by atoms with E-state index in [4.69, 9.17) is 0 Å². The van der Waals surface area contributed by atoms with Crippen LogP contribution in [0.15, 0.2) is 30.3 Å². The number of piperidine rings is 1. The number of hydrogen-bond donors (Lipinski definition) is 1. The van der Waals surface area contributed by atoms with Crippen LogP contribution in [0.4, 0.5) is 0 Å². The molecule has 0 radical (unpaired) electrons. The lowest BCUT2D eigenvalue weighted by Crippen LogP contribution is -2.51.